The van der Waals surface area contributed by atoms with E-state index in [1.165, 1.54) is 5.82 Å². The molecule has 0 aliphatic carbocycles. The quantitative estimate of drug-likeness (QED) is 0.839. The van der Waals surface area contributed by atoms with Gasteiger partial charge in [0.25, 0.3) is 0 Å². The second-order valence-corrected chi connectivity index (χ2v) is 4.84. The third kappa shape index (κ3) is 1.95. The van der Waals surface area contributed by atoms with Crippen molar-refractivity contribution < 1.29 is 0 Å². The van der Waals surface area contributed by atoms with Crippen molar-refractivity contribution in [1.29, 1.82) is 0 Å². The van der Waals surface area contributed by atoms with Crippen LogP contribution < -0.4 is 10.6 Å². The van der Waals surface area contributed by atoms with Crippen LogP contribution in [0.4, 0.5) is 5.82 Å². The molecule has 5 nitrogen and oxygen atoms in total. The highest BCUT2D eigenvalue weighted by Gasteiger charge is 2.16. The van der Waals surface area contributed by atoms with Crippen LogP contribution in [0.1, 0.15) is 5.69 Å². The van der Waals surface area contributed by atoms with E-state index in [1.54, 1.807) is 0 Å². The number of imidazole rings is 1. The Kier molecular flexibility index (Phi) is 2.93. The van der Waals surface area contributed by atoms with E-state index in [0.717, 1.165) is 37.5 Å². The van der Waals surface area contributed by atoms with Gasteiger partial charge in [-0.15, -0.1) is 0 Å². The number of anilines is 1. The van der Waals surface area contributed by atoms with Crippen LogP contribution >= 0.6 is 0 Å². The van der Waals surface area contributed by atoms with Crippen molar-refractivity contribution in [2.45, 2.75) is 6.54 Å². The molecule has 2 aromatic rings. The van der Waals surface area contributed by atoms with E-state index in [1.807, 2.05) is 12.3 Å². The number of likely N-dealkylation sites (N-methyl/N-ethyl adjacent to an activating group) is 1. The molecule has 0 radical (unpaired) electrons. The number of rotatable bonds is 2. The normalized spacial score (nSPS) is 17.6. The lowest BCUT2D eigenvalue weighted by Crippen LogP contribution is -2.45. The molecular formula is C13H19N5. The number of fused-ring (bicyclic) bond motifs is 1. The van der Waals surface area contributed by atoms with Gasteiger partial charge in [0.1, 0.15) is 11.5 Å². The number of piperazine rings is 1. The Morgan fingerprint density at radius 1 is 1.22 bits per heavy atom. The Balaban J connectivity index is 1.98. The monoisotopic (exact) mass is 245 g/mol. The average molecular weight is 245 g/mol. The zero-order chi connectivity index (χ0) is 12.5. The zero-order valence-corrected chi connectivity index (χ0v) is 10.7. The van der Waals surface area contributed by atoms with Crippen LogP contribution in [0.2, 0.25) is 0 Å². The van der Waals surface area contributed by atoms with E-state index in [2.05, 4.69) is 38.4 Å². The van der Waals surface area contributed by atoms with E-state index in [9.17, 15) is 0 Å². The molecule has 2 N–H and O–H groups in total. The molecule has 18 heavy (non-hydrogen) atoms. The van der Waals surface area contributed by atoms with Gasteiger partial charge >= 0.3 is 0 Å². The van der Waals surface area contributed by atoms with Crippen LogP contribution in [0.5, 0.6) is 0 Å². The van der Waals surface area contributed by atoms with Gasteiger partial charge in [0.15, 0.2) is 0 Å². The smallest absolute Gasteiger partial charge is 0.138 e. The molecule has 0 amide bonds. The van der Waals surface area contributed by atoms with Gasteiger partial charge in [0, 0.05) is 38.9 Å². The van der Waals surface area contributed by atoms with Crippen LogP contribution in [0.25, 0.3) is 5.65 Å². The van der Waals surface area contributed by atoms with Gasteiger partial charge in [0.05, 0.1) is 5.69 Å². The molecular weight excluding hydrogens is 226 g/mol. The van der Waals surface area contributed by atoms with Gasteiger partial charge in [0.2, 0.25) is 0 Å². The first-order valence-corrected chi connectivity index (χ1v) is 6.38. The minimum absolute atomic E-state index is 0.490. The predicted molar refractivity (Wildman–Crippen MR) is 72.8 cm³/mol. The topological polar surface area (TPSA) is 49.8 Å². The minimum atomic E-state index is 0.490. The van der Waals surface area contributed by atoms with E-state index >= 15 is 0 Å². The summed E-state index contributed by atoms with van der Waals surface area (Å²) in [5.74, 6) is 1.22. The summed E-state index contributed by atoms with van der Waals surface area (Å²) in [4.78, 5) is 9.27. The molecule has 1 saturated heterocycles. The summed E-state index contributed by atoms with van der Waals surface area (Å²) in [5.41, 5.74) is 7.58. The first-order valence-electron chi connectivity index (χ1n) is 6.38. The molecule has 1 aliphatic heterocycles. The number of nitrogens with zero attached hydrogens (tertiary/aromatic N) is 4. The van der Waals surface area contributed by atoms with E-state index in [4.69, 9.17) is 5.73 Å². The minimum Gasteiger partial charge on any atom is -0.355 e. The highest BCUT2D eigenvalue weighted by Crippen LogP contribution is 2.19. The van der Waals surface area contributed by atoms with Crippen LogP contribution in [-0.2, 0) is 6.54 Å². The lowest BCUT2D eigenvalue weighted by Gasteiger charge is -2.34. The maximum atomic E-state index is 5.66. The lowest BCUT2D eigenvalue weighted by molar-refractivity contribution is 0.312. The second kappa shape index (κ2) is 4.59. The third-order valence-electron chi connectivity index (χ3n) is 3.56. The molecule has 0 bridgehead atoms. The maximum Gasteiger partial charge on any atom is 0.138 e. The maximum absolute atomic E-state index is 5.66. The molecule has 0 unspecified atom stereocenters. The summed E-state index contributed by atoms with van der Waals surface area (Å²) in [5, 5.41) is 0. The van der Waals surface area contributed by atoms with Gasteiger partial charge in [-0.3, -0.25) is 4.40 Å². The molecule has 3 rings (SSSR count). The van der Waals surface area contributed by atoms with Crippen LogP contribution in [0.15, 0.2) is 24.4 Å². The first kappa shape index (κ1) is 11.5. The van der Waals surface area contributed by atoms with Crippen molar-refractivity contribution >= 4 is 11.5 Å². The molecule has 0 atom stereocenters. The van der Waals surface area contributed by atoms with Gasteiger partial charge in [-0.1, -0.05) is 6.07 Å². The van der Waals surface area contributed by atoms with Gasteiger partial charge in [-0.25, -0.2) is 4.98 Å². The Morgan fingerprint density at radius 3 is 2.72 bits per heavy atom. The molecule has 0 spiro atoms. The van der Waals surface area contributed by atoms with Crippen LogP contribution in [0, 0.1) is 0 Å². The van der Waals surface area contributed by atoms with Gasteiger partial charge in [-0.2, -0.15) is 0 Å². The number of nitrogens with two attached hydrogens (primary N) is 1. The van der Waals surface area contributed by atoms with Crippen molar-refractivity contribution in [2.24, 2.45) is 5.73 Å². The van der Waals surface area contributed by atoms with Crippen molar-refractivity contribution in [2.75, 3.05) is 38.1 Å². The lowest BCUT2D eigenvalue weighted by atomic mass is 10.3. The predicted octanol–water partition coefficient (Wildman–Crippen LogP) is 0.545. The fraction of sp³-hybridized carbons (Fsp3) is 0.462. The number of pyridine rings is 1. The van der Waals surface area contributed by atoms with Crippen molar-refractivity contribution in [3.8, 4) is 0 Å². The highest BCUT2D eigenvalue weighted by atomic mass is 15.3. The van der Waals surface area contributed by atoms with E-state index in [-0.39, 0.29) is 0 Å². The Labute approximate surface area is 107 Å². The summed E-state index contributed by atoms with van der Waals surface area (Å²) in [7, 11) is 2.17. The second-order valence-electron chi connectivity index (χ2n) is 4.84. The number of hydrogen-bond acceptors (Lipinski definition) is 4. The Bertz CT molecular complexity index is 539. The Morgan fingerprint density at radius 2 is 2.00 bits per heavy atom. The van der Waals surface area contributed by atoms with Gasteiger partial charge < -0.3 is 15.5 Å². The zero-order valence-electron chi connectivity index (χ0n) is 10.7. The Hall–Kier alpha value is -1.59. The molecule has 1 aliphatic rings. The highest BCUT2D eigenvalue weighted by molar-refractivity contribution is 5.52. The standard InChI is InChI=1S/C13H19N5/c1-16-5-7-17(8-6-16)13-4-2-3-12-15-11(9-14)10-18(12)13/h2-4,10H,5-9,14H2,1H3. The number of aromatic nitrogens is 2. The van der Waals surface area contributed by atoms with Crippen LogP contribution in [-0.4, -0.2) is 47.5 Å². The first-order chi connectivity index (χ1) is 8.78. The van der Waals surface area contributed by atoms with Crippen molar-refractivity contribution in [3.63, 3.8) is 0 Å². The summed E-state index contributed by atoms with van der Waals surface area (Å²) < 4.78 is 2.15. The van der Waals surface area contributed by atoms with E-state index < -0.39 is 0 Å². The van der Waals surface area contributed by atoms with Crippen molar-refractivity contribution in [1.82, 2.24) is 14.3 Å². The molecule has 5 heteroatoms. The van der Waals surface area contributed by atoms with Gasteiger partial charge in [-0.05, 0) is 19.2 Å². The molecule has 0 aromatic carbocycles. The molecule has 1 fully saturated rings. The molecule has 0 saturated carbocycles. The molecule has 96 valence electrons. The molecule has 2 aromatic heterocycles. The van der Waals surface area contributed by atoms with Crippen molar-refractivity contribution in [3.05, 3.63) is 30.1 Å². The number of hydrogen-bond donors (Lipinski definition) is 1. The molecule has 3 heterocycles. The summed E-state index contributed by atoms with van der Waals surface area (Å²) in [6, 6.07) is 6.25. The summed E-state index contributed by atoms with van der Waals surface area (Å²) in [6.07, 6.45) is 2.04. The summed E-state index contributed by atoms with van der Waals surface area (Å²) >= 11 is 0. The largest absolute Gasteiger partial charge is 0.355 e. The fourth-order valence-corrected chi connectivity index (χ4v) is 2.44. The SMILES string of the molecule is CN1CCN(c2cccc3nc(CN)cn23)CC1. The average Bonchev–Trinajstić information content (AvgIpc) is 2.82. The van der Waals surface area contributed by atoms with E-state index in [0.29, 0.717) is 6.54 Å². The summed E-state index contributed by atoms with van der Waals surface area (Å²) in [6.45, 7) is 4.82. The third-order valence-corrected chi connectivity index (χ3v) is 3.56. The van der Waals surface area contributed by atoms with Crippen LogP contribution in [0.3, 0.4) is 0 Å². The fourth-order valence-electron chi connectivity index (χ4n) is 2.44.